The van der Waals surface area contributed by atoms with Gasteiger partial charge in [0.2, 0.25) is 0 Å². The first kappa shape index (κ1) is 22.6. The topological polar surface area (TPSA) is 47.0 Å². The van der Waals surface area contributed by atoms with Gasteiger partial charge in [0.25, 0.3) is 5.91 Å². The fourth-order valence-corrected chi connectivity index (χ4v) is 5.80. The molecule has 1 aliphatic carbocycles. The molecule has 1 N–H and O–H groups in total. The Hall–Kier alpha value is -2.21. The fraction of sp³-hybridized carbons (Fsp3) is 0.536. The van der Waals surface area contributed by atoms with Gasteiger partial charge in [0.05, 0.1) is 6.61 Å². The number of carbonyl (C=O) groups is 1. The second kappa shape index (κ2) is 9.57. The van der Waals surface area contributed by atoms with E-state index in [0.717, 1.165) is 30.1 Å². The molecule has 2 aromatic carbocycles. The molecule has 0 unspecified atom stereocenters. The Morgan fingerprint density at radius 2 is 1.61 bits per heavy atom. The number of amides is 1. The summed E-state index contributed by atoms with van der Waals surface area (Å²) in [6, 6.07) is 17.5. The van der Waals surface area contributed by atoms with Crippen LogP contribution in [0.1, 0.15) is 47.5 Å². The van der Waals surface area contributed by atoms with Gasteiger partial charge in [-0.05, 0) is 73.5 Å². The Balaban J connectivity index is 1.32. The number of aliphatic hydroxyl groups excluding tert-OH is 1. The monoisotopic (exact) mass is 447 g/mol. The second-order valence-corrected chi connectivity index (χ2v) is 10.4. The molecule has 2 aromatic rings. The molecule has 0 aromatic heterocycles. The summed E-state index contributed by atoms with van der Waals surface area (Å²) in [5, 5.41) is 10.2. The highest BCUT2D eigenvalue weighted by Crippen LogP contribution is 2.43. The summed E-state index contributed by atoms with van der Waals surface area (Å²) in [4.78, 5) is 19.0. The Morgan fingerprint density at radius 3 is 2.21 bits per heavy atom. The summed E-state index contributed by atoms with van der Waals surface area (Å²) >= 11 is 0. The van der Waals surface area contributed by atoms with Crippen LogP contribution in [0.15, 0.2) is 48.5 Å². The summed E-state index contributed by atoms with van der Waals surface area (Å²) in [7, 11) is 3.55. The van der Waals surface area contributed by atoms with Crippen molar-refractivity contribution >= 4 is 5.91 Å². The van der Waals surface area contributed by atoms with Gasteiger partial charge in [0.15, 0.2) is 0 Å². The van der Waals surface area contributed by atoms with Crippen molar-refractivity contribution in [2.75, 3.05) is 46.9 Å². The number of benzene rings is 2. The SMILES string of the molecule is CN(C)C(=O)c1ccc(-c2ccc([C@H]3[C@@H](CO)N4CCCCN(CC5CC5)C[C@H]34)cc2)cc1. The summed E-state index contributed by atoms with van der Waals surface area (Å²) < 4.78 is 0. The average Bonchev–Trinajstić information content (AvgIpc) is 3.63. The van der Waals surface area contributed by atoms with Crippen molar-refractivity contribution in [3.63, 3.8) is 0 Å². The minimum absolute atomic E-state index is 0.0245. The molecule has 5 heteroatoms. The molecule has 1 saturated carbocycles. The molecule has 2 saturated heterocycles. The maximum atomic E-state index is 12.2. The van der Waals surface area contributed by atoms with Crippen molar-refractivity contribution in [2.24, 2.45) is 5.92 Å². The molecule has 176 valence electrons. The van der Waals surface area contributed by atoms with E-state index in [1.807, 2.05) is 24.3 Å². The van der Waals surface area contributed by atoms with Gasteiger partial charge in [-0.25, -0.2) is 0 Å². The second-order valence-electron chi connectivity index (χ2n) is 10.4. The number of aliphatic hydroxyl groups is 1. The summed E-state index contributed by atoms with van der Waals surface area (Å²) in [6.45, 7) is 4.95. The third kappa shape index (κ3) is 4.72. The molecule has 2 aliphatic heterocycles. The highest BCUT2D eigenvalue weighted by Gasteiger charge is 2.49. The number of nitrogens with zero attached hydrogens (tertiary/aromatic N) is 3. The number of hydrogen-bond acceptors (Lipinski definition) is 4. The van der Waals surface area contributed by atoms with E-state index in [9.17, 15) is 9.90 Å². The van der Waals surface area contributed by atoms with Gasteiger partial charge in [0, 0.05) is 50.7 Å². The van der Waals surface area contributed by atoms with E-state index in [2.05, 4.69) is 34.1 Å². The predicted molar refractivity (Wildman–Crippen MR) is 132 cm³/mol. The minimum Gasteiger partial charge on any atom is -0.395 e. The van der Waals surface area contributed by atoms with Crippen molar-refractivity contribution < 1.29 is 9.90 Å². The summed E-state index contributed by atoms with van der Waals surface area (Å²) in [5.74, 6) is 1.34. The zero-order chi connectivity index (χ0) is 22.9. The van der Waals surface area contributed by atoms with Crippen LogP contribution in [0.3, 0.4) is 0 Å². The molecule has 3 fully saturated rings. The van der Waals surface area contributed by atoms with Crippen molar-refractivity contribution in [3.8, 4) is 11.1 Å². The van der Waals surface area contributed by atoms with Crippen LogP contribution >= 0.6 is 0 Å². The maximum absolute atomic E-state index is 12.2. The predicted octanol–water partition coefficient (Wildman–Crippen LogP) is 3.69. The average molecular weight is 448 g/mol. The first-order valence-electron chi connectivity index (χ1n) is 12.6. The Morgan fingerprint density at radius 1 is 0.970 bits per heavy atom. The molecule has 0 radical (unpaired) electrons. The smallest absolute Gasteiger partial charge is 0.253 e. The van der Waals surface area contributed by atoms with Gasteiger partial charge >= 0.3 is 0 Å². The molecular formula is C28H37N3O2. The number of hydrogen-bond donors (Lipinski definition) is 1. The quantitative estimate of drug-likeness (QED) is 0.734. The first-order valence-corrected chi connectivity index (χ1v) is 12.6. The van der Waals surface area contributed by atoms with Crippen molar-refractivity contribution in [1.29, 1.82) is 0 Å². The van der Waals surface area contributed by atoms with Gasteiger partial charge in [-0.2, -0.15) is 0 Å². The maximum Gasteiger partial charge on any atom is 0.253 e. The molecule has 5 rings (SSSR count). The van der Waals surface area contributed by atoms with Gasteiger partial charge in [-0.15, -0.1) is 0 Å². The van der Waals surface area contributed by atoms with Crippen LogP contribution in [-0.2, 0) is 0 Å². The van der Waals surface area contributed by atoms with Crippen LogP contribution in [0.5, 0.6) is 0 Å². The number of carbonyl (C=O) groups excluding carboxylic acids is 1. The Bertz CT molecular complexity index is 952. The Kier molecular flexibility index (Phi) is 6.55. The van der Waals surface area contributed by atoms with Crippen LogP contribution in [0.2, 0.25) is 0 Å². The lowest BCUT2D eigenvalue weighted by molar-refractivity contribution is -0.0649. The van der Waals surface area contributed by atoms with E-state index in [1.165, 1.54) is 44.3 Å². The van der Waals surface area contributed by atoms with Crippen LogP contribution in [0.4, 0.5) is 0 Å². The van der Waals surface area contributed by atoms with Crippen LogP contribution < -0.4 is 0 Å². The fourth-order valence-electron chi connectivity index (χ4n) is 5.80. The van der Waals surface area contributed by atoms with Gasteiger partial charge in [-0.3, -0.25) is 9.69 Å². The minimum atomic E-state index is 0.0245. The zero-order valence-corrected chi connectivity index (χ0v) is 20.0. The third-order valence-electron chi connectivity index (χ3n) is 7.83. The molecule has 5 nitrogen and oxygen atoms in total. The number of rotatable bonds is 6. The van der Waals surface area contributed by atoms with Gasteiger partial charge < -0.3 is 14.9 Å². The van der Waals surface area contributed by atoms with Crippen molar-refractivity contribution in [3.05, 3.63) is 59.7 Å². The molecule has 1 amide bonds. The van der Waals surface area contributed by atoms with E-state index < -0.39 is 0 Å². The molecule has 0 spiro atoms. The molecule has 0 bridgehead atoms. The lowest BCUT2D eigenvalue weighted by atomic mass is 9.74. The molecule has 33 heavy (non-hydrogen) atoms. The van der Waals surface area contributed by atoms with Crippen LogP contribution in [0, 0.1) is 5.92 Å². The van der Waals surface area contributed by atoms with Crippen molar-refractivity contribution in [2.45, 2.75) is 43.7 Å². The molecule has 2 heterocycles. The Labute approximate surface area is 198 Å². The highest BCUT2D eigenvalue weighted by molar-refractivity contribution is 5.94. The van der Waals surface area contributed by atoms with E-state index in [1.54, 1.807) is 19.0 Å². The van der Waals surface area contributed by atoms with Crippen LogP contribution in [0.25, 0.3) is 11.1 Å². The van der Waals surface area contributed by atoms with Crippen LogP contribution in [-0.4, -0.2) is 84.7 Å². The lowest BCUT2D eigenvalue weighted by Crippen LogP contribution is -2.67. The lowest BCUT2D eigenvalue weighted by Gasteiger charge is -2.57. The first-order chi connectivity index (χ1) is 16.0. The van der Waals surface area contributed by atoms with Gasteiger partial charge in [-0.1, -0.05) is 36.4 Å². The van der Waals surface area contributed by atoms with E-state index >= 15 is 0 Å². The van der Waals surface area contributed by atoms with Crippen molar-refractivity contribution in [1.82, 2.24) is 14.7 Å². The number of fused-ring (bicyclic) bond motifs is 1. The summed E-state index contributed by atoms with van der Waals surface area (Å²) in [6.07, 6.45) is 5.30. The van der Waals surface area contributed by atoms with Gasteiger partial charge in [0.1, 0.15) is 0 Å². The standard InChI is InChI=1S/C28H37N3O2/c1-29(2)28(33)24-13-9-22(10-14-24)21-7-11-23(12-8-21)27-25-18-30(17-20-5-6-20)15-3-4-16-31(25)26(27)19-32/h7-14,20,25-27,32H,3-6,15-19H2,1-2H3/t25-,26-,27-/m1/s1. The molecule has 3 atom stereocenters. The van der Waals surface area contributed by atoms with E-state index in [-0.39, 0.29) is 18.6 Å². The molecule has 3 aliphatic rings. The normalized spacial score (nSPS) is 26.1. The highest BCUT2D eigenvalue weighted by atomic mass is 16.3. The summed E-state index contributed by atoms with van der Waals surface area (Å²) in [5.41, 5.74) is 4.32. The van der Waals surface area contributed by atoms with E-state index in [4.69, 9.17) is 0 Å². The molecular weight excluding hydrogens is 410 g/mol. The van der Waals surface area contributed by atoms with E-state index in [0.29, 0.717) is 17.5 Å². The largest absolute Gasteiger partial charge is 0.395 e. The third-order valence-corrected chi connectivity index (χ3v) is 7.83. The zero-order valence-electron chi connectivity index (χ0n) is 20.0.